The highest BCUT2D eigenvalue weighted by Crippen LogP contribution is 2.50. The maximum Gasteiger partial charge on any atom is 0.334 e. The minimum absolute atomic E-state index is 0.0453. The van der Waals surface area contributed by atoms with E-state index in [1.54, 1.807) is 4.90 Å². The largest absolute Gasteiger partial charge is 0.479 e. The van der Waals surface area contributed by atoms with Crippen molar-refractivity contribution in [2.24, 2.45) is 0 Å². The molecular formula is C18H23NO4. The molecular weight excluding hydrogens is 294 g/mol. The van der Waals surface area contributed by atoms with Crippen molar-refractivity contribution in [1.29, 1.82) is 0 Å². The Kier molecular flexibility index (Phi) is 3.92. The first-order chi connectivity index (χ1) is 10.8. The molecule has 1 amide bonds. The lowest BCUT2D eigenvalue weighted by atomic mass is 9.91. The first-order valence-corrected chi connectivity index (χ1v) is 8.08. The maximum atomic E-state index is 13.1. The molecule has 23 heavy (non-hydrogen) atoms. The Morgan fingerprint density at radius 1 is 1.17 bits per heavy atom. The van der Waals surface area contributed by atoms with Crippen LogP contribution in [0.25, 0.3) is 0 Å². The molecule has 0 aromatic heterocycles. The van der Waals surface area contributed by atoms with E-state index in [0.29, 0.717) is 6.54 Å². The Hall–Kier alpha value is -1.88. The Bertz CT molecular complexity index is 630. The molecule has 1 aliphatic heterocycles. The van der Waals surface area contributed by atoms with Crippen LogP contribution < -0.4 is 0 Å². The van der Waals surface area contributed by atoms with Gasteiger partial charge in [-0.15, -0.1) is 0 Å². The Morgan fingerprint density at radius 3 is 2.30 bits per heavy atom. The summed E-state index contributed by atoms with van der Waals surface area (Å²) in [6.45, 7) is 6.47. The van der Waals surface area contributed by atoms with Crippen LogP contribution in [0.5, 0.6) is 0 Å². The van der Waals surface area contributed by atoms with Gasteiger partial charge in [0.25, 0.3) is 0 Å². The summed E-state index contributed by atoms with van der Waals surface area (Å²) in [4.78, 5) is 26.0. The number of amides is 1. The summed E-state index contributed by atoms with van der Waals surface area (Å²) in [5.74, 6) is -0.963. The molecule has 2 fully saturated rings. The van der Waals surface area contributed by atoms with Crippen molar-refractivity contribution in [1.82, 2.24) is 4.90 Å². The van der Waals surface area contributed by atoms with Crippen molar-refractivity contribution in [3.05, 3.63) is 34.9 Å². The number of carboxylic acids is 1. The molecule has 5 heteroatoms. The molecule has 2 aliphatic rings. The van der Waals surface area contributed by atoms with Crippen LogP contribution in [0.3, 0.4) is 0 Å². The number of carbonyl (C=O) groups excluding carboxylic acids is 1. The van der Waals surface area contributed by atoms with E-state index in [-0.39, 0.29) is 18.6 Å². The summed E-state index contributed by atoms with van der Waals surface area (Å²) in [5.41, 5.74) is 2.90. The number of hydrogen-bond donors (Lipinski definition) is 1. The summed E-state index contributed by atoms with van der Waals surface area (Å²) < 4.78 is 5.41. The lowest BCUT2D eigenvalue weighted by molar-refractivity contribution is -0.167. The molecule has 1 heterocycles. The summed E-state index contributed by atoms with van der Waals surface area (Å²) in [6, 6.07) is 6.26. The molecule has 1 saturated heterocycles. The van der Waals surface area contributed by atoms with E-state index in [4.69, 9.17) is 4.74 Å². The first kappa shape index (κ1) is 16.0. The topological polar surface area (TPSA) is 66.8 Å². The van der Waals surface area contributed by atoms with Gasteiger partial charge in [0.2, 0.25) is 5.91 Å². The second-order valence-corrected chi connectivity index (χ2v) is 6.94. The van der Waals surface area contributed by atoms with Gasteiger partial charge >= 0.3 is 5.97 Å². The molecule has 2 atom stereocenters. The number of benzene rings is 1. The van der Waals surface area contributed by atoms with Crippen molar-refractivity contribution < 1.29 is 19.4 Å². The van der Waals surface area contributed by atoms with E-state index in [9.17, 15) is 14.7 Å². The quantitative estimate of drug-likeness (QED) is 0.926. The SMILES string of the molecule is Cc1cc(C)cc(C2(C(=O)N3CC(C(=O)O)O[C@H](C)C3)CC2)c1. The van der Waals surface area contributed by atoms with Gasteiger partial charge in [0.05, 0.1) is 18.1 Å². The van der Waals surface area contributed by atoms with Gasteiger partial charge < -0.3 is 14.7 Å². The summed E-state index contributed by atoms with van der Waals surface area (Å²) in [6.07, 6.45) is 0.470. The lowest BCUT2D eigenvalue weighted by Crippen LogP contribution is -2.54. The van der Waals surface area contributed by atoms with Gasteiger partial charge in [-0.1, -0.05) is 29.3 Å². The number of carboxylic acid groups (broad SMARTS) is 1. The van der Waals surface area contributed by atoms with Gasteiger partial charge in [-0.3, -0.25) is 4.79 Å². The minimum Gasteiger partial charge on any atom is -0.479 e. The zero-order valence-corrected chi connectivity index (χ0v) is 13.8. The van der Waals surface area contributed by atoms with Crippen LogP contribution in [-0.4, -0.2) is 47.2 Å². The van der Waals surface area contributed by atoms with E-state index >= 15 is 0 Å². The fourth-order valence-electron chi connectivity index (χ4n) is 3.56. The Balaban J connectivity index is 1.85. The number of aryl methyl sites for hydroxylation is 2. The van der Waals surface area contributed by atoms with Gasteiger partial charge in [-0.05, 0) is 39.2 Å². The highest BCUT2D eigenvalue weighted by Gasteiger charge is 2.54. The molecule has 1 aromatic rings. The molecule has 1 aromatic carbocycles. The van der Waals surface area contributed by atoms with Crippen LogP contribution in [0.4, 0.5) is 0 Å². The maximum absolute atomic E-state index is 13.1. The van der Waals surface area contributed by atoms with Crippen LogP contribution >= 0.6 is 0 Å². The lowest BCUT2D eigenvalue weighted by Gasteiger charge is -2.37. The fourth-order valence-corrected chi connectivity index (χ4v) is 3.56. The van der Waals surface area contributed by atoms with Gasteiger partial charge in [0.1, 0.15) is 0 Å². The van der Waals surface area contributed by atoms with E-state index in [0.717, 1.165) is 29.5 Å². The van der Waals surface area contributed by atoms with Crippen molar-refractivity contribution in [2.45, 2.75) is 51.2 Å². The van der Waals surface area contributed by atoms with Gasteiger partial charge in [-0.25, -0.2) is 4.79 Å². The van der Waals surface area contributed by atoms with Gasteiger partial charge in [0.15, 0.2) is 6.10 Å². The number of carbonyl (C=O) groups is 2. The number of rotatable bonds is 3. The second-order valence-electron chi connectivity index (χ2n) is 6.94. The van der Waals surface area contributed by atoms with Crippen LogP contribution in [-0.2, 0) is 19.7 Å². The predicted octanol–water partition coefficient (Wildman–Crippen LogP) is 2.04. The van der Waals surface area contributed by atoms with Crippen molar-refractivity contribution in [3.63, 3.8) is 0 Å². The fraction of sp³-hybridized carbons (Fsp3) is 0.556. The van der Waals surface area contributed by atoms with E-state index < -0.39 is 17.5 Å². The van der Waals surface area contributed by atoms with Crippen LogP contribution in [0.15, 0.2) is 18.2 Å². The van der Waals surface area contributed by atoms with Crippen molar-refractivity contribution in [2.75, 3.05) is 13.1 Å². The van der Waals surface area contributed by atoms with Crippen molar-refractivity contribution in [3.8, 4) is 0 Å². The summed E-state index contributed by atoms with van der Waals surface area (Å²) in [5, 5.41) is 9.20. The number of aliphatic carboxylic acids is 1. The number of hydrogen-bond acceptors (Lipinski definition) is 3. The third-order valence-corrected chi connectivity index (χ3v) is 4.76. The van der Waals surface area contributed by atoms with Crippen LogP contribution in [0.2, 0.25) is 0 Å². The zero-order chi connectivity index (χ0) is 16.8. The standard InChI is InChI=1S/C18H23NO4/c1-11-6-12(2)8-14(7-11)18(4-5-18)17(22)19-9-13(3)23-15(10-19)16(20)21/h6-8,13,15H,4-5,9-10H2,1-3H3,(H,20,21)/t13-,15?/m1/s1. The van der Waals surface area contributed by atoms with E-state index in [1.807, 2.05) is 20.8 Å². The molecule has 1 saturated carbocycles. The highest BCUT2D eigenvalue weighted by atomic mass is 16.5. The smallest absolute Gasteiger partial charge is 0.334 e. The summed E-state index contributed by atoms with van der Waals surface area (Å²) in [7, 11) is 0. The average Bonchev–Trinajstić information content (AvgIpc) is 3.26. The predicted molar refractivity (Wildman–Crippen MR) is 85.4 cm³/mol. The first-order valence-electron chi connectivity index (χ1n) is 8.08. The molecule has 1 aliphatic carbocycles. The molecule has 124 valence electrons. The van der Waals surface area contributed by atoms with Gasteiger partial charge in [0, 0.05) is 6.54 Å². The summed E-state index contributed by atoms with van der Waals surface area (Å²) >= 11 is 0. The second kappa shape index (κ2) is 5.64. The van der Waals surface area contributed by atoms with Gasteiger partial charge in [-0.2, -0.15) is 0 Å². The van der Waals surface area contributed by atoms with Crippen LogP contribution in [0.1, 0.15) is 36.5 Å². The molecule has 0 bridgehead atoms. The molecule has 1 unspecified atom stereocenters. The molecule has 5 nitrogen and oxygen atoms in total. The number of ether oxygens (including phenoxy) is 1. The monoisotopic (exact) mass is 317 g/mol. The average molecular weight is 317 g/mol. The number of nitrogens with zero attached hydrogens (tertiary/aromatic N) is 1. The molecule has 0 spiro atoms. The van der Waals surface area contributed by atoms with E-state index in [1.165, 1.54) is 0 Å². The van der Waals surface area contributed by atoms with Crippen LogP contribution in [0, 0.1) is 13.8 Å². The molecule has 1 N–H and O–H groups in total. The molecule has 0 radical (unpaired) electrons. The Morgan fingerprint density at radius 2 is 1.78 bits per heavy atom. The minimum atomic E-state index is -1.01. The number of morpholine rings is 1. The highest BCUT2D eigenvalue weighted by molar-refractivity contribution is 5.92. The third kappa shape index (κ3) is 2.98. The Labute approximate surface area is 136 Å². The normalized spacial score (nSPS) is 26.0. The third-order valence-electron chi connectivity index (χ3n) is 4.76. The van der Waals surface area contributed by atoms with Crippen molar-refractivity contribution >= 4 is 11.9 Å². The van der Waals surface area contributed by atoms with E-state index in [2.05, 4.69) is 18.2 Å². The zero-order valence-electron chi connectivity index (χ0n) is 13.8. The molecule has 3 rings (SSSR count).